The lowest BCUT2D eigenvalue weighted by atomic mass is 9.79. The molecule has 1 atom stereocenters. The van der Waals surface area contributed by atoms with Crippen LogP contribution in [0, 0.1) is 0 Å². The average Bonchev–Trinajstić information content (AvgIpc) is 2.85. The average molecular weight is 630 g/mol. The van der Waals surface area contributed by atoms with E-state index < -0.39 is 14.2 Å². The van der Waals surface area contributed by atoms with E-state index in [0.29, 0.717) is 31.9 Å². The van der Waals surface area contributed by atoms with Crippen LogP contribution >= 0.6 is 71.0 Å². The van der Waals surface area contributed by atoms with E-state index in [1.54, 1.807) is 54.6 Å². The molecule has 198 valence electrons. The Labute approximate surface area is 251 Å². The van der Waals surface area contributed by atoms with Gasteiger partial charge in [0.1, 0.15) is 10.1 Å². The second kappa shape index (κ2) is 14.7. The minimum absolute atomic E-state index is 0.115. The molecule has 15 heteroatoms. The van der Waals surface area contributed by atoms with E-state index in [-0.39, 0.29) is 32.5 Å². The molecule has 0 amide bonds. The van der Waals surface area contributed by atoms with E-state index in [4.69, 9.17) is 68.6 Å². The fourth-order valence-electron chi connectivity index (χ4n) is 3.08. The number of ether oxygens (including phenoxy) is 1. The van der Waals surface area contributed by atoms with Gasteiger partial charge in [-0.2, -0.15) is 0 Å². The molecule has 1 unspecified atom stereocenters. The Morgan fingerprint density at radius 1 is 0.974 bits per heavy atom. The van der Waals surface area contributed by atoms with Crippen LogP contribution in [-0.4, -0.2) is 50.7 Å². The molecular formula is C23H21B2Cl3N2O5S3. The van der Waals surface area contributed by atoms with Crippen LogP contribution in [0.15, 0.2) is 60.7 Å². The first-order valence-electron chi connectivity index (χ1n) is 11.0. The molecule has 0 saturated heterocycles. The highest BCUT2D eigenvalue weighted by molar-refractivity contribution is 8.23. The fourth-order valence-corrected chi connectivity index (χ4v) is 5.25. The number of thiocarbonyl (C=S) groups is 2. The summed E-state index contributed by atoms with van der Waals surface area (Å²) in [6.07, 6.45) is 0. The number of thioether (sulfide) groups is 1. The Kier molecular flexibility index (Phi) is 12.0. The normalized spacial score (nSPS) is 11.4. The largest absolute Gasteiger partial charge is 0.492 e. The Balaban J connectivity index is 1.49. The van der Waals surface area contributed by atoms with E-state index >= 15 is 0 Å². The third-order valence-electron chi connectivity index (χ3n) is 4.88. The van der Waals surface area contributed by atoms with E-state index in [1.165, 1.54) is 17.8 Å². The minimum Gasteiger partial charge on any atom is -0.432 e. The Morgan fingerprint density at radius 2 is 1.68 bits per heavy atom. The third kappa shape index (κ3) is 9.27. The fraction of sp³-hybridized carbons (Fsp3) is 0.130. The maximum atomic E-state index is 10.5. The van der Waals surface area contributed by atoms with Crippen molar-refractivity contribution >= 4 is 117 Å². The summed E-state index contributed by atoms with van der Waals surface area (Å²) in [4.78, 5) is 0. The molecule has 0 spiro atoms. The van der Waals surface area contributed by atoms with Gasteiger partial charge in [-0.05, 0) is 54.7 Å². The summed E-state index contributed by atoms with van der Waals surface area (Å²) in [6, 6.07) is 16.5. The molecular weight excluding hydrogens is 608 g/mol. The van der Waals surface area contributed by atoms with Gasteiger partial charge in [-0.25, -0.2) is 0 Å². The first-order chi connectivity index (χ1) is 18.0. The summed E-state index contributed by atoms with van der Waals surface area (Å²) in [7, 11) is -2.97. The van der Waals surface area contributed by atoms with Crippen molar-refractivity contribution in [1.82, 2.24) is 0 Å². The summed E-state index contributed by atoms with van der Waals surface area (Å²) in [5.41, 5.74) is 1.56. The number of rotatable bonds is 9. The van der Waals surface area contributed by atoms with Crippen molar-refractivity contribution in [3.63, 3.8) is 0 Å². The van der Waals surface area contributed by atoms with Crippen LogP contribution in [0.4, 0.5) is 11.4 Å². The number of anilines is 2. The molecule has 0 aliphatic rings. The van der Waals surface area contributed by atoms with Crippen molar-refractivity contribution in [3.05, 3.63) is 75.7 Å². The smallest absolute Gasteiger partial charge is 0.432 e. The molecule has 3 aromatic carbocycles. The van der Waals surface area contributed by atoms with Gasteiger partial charge in [0.15, 0.2) is 0 Å². The topological polar surface area (TPSA) is 103 Å². The van der Waals surface area contributed by atoms with Crippen LogP contribution < -0.4 is 26.3 Å². The highest BCUT2D eigenvalue weighted by Crippen LogP contribution is 2.23. The second-order valence-electron chi connectivity index (χ2n) is 7.81. The standard InChI is InChI=1S/C23H21B2Cl3N2O5S3/c1-13(38-23(37)30-20-4-2-3-18(21(20)28)24(31)32)12-34-25(33)17-10-7-15(11-19(17)27)29-22(36)35-16-8-5-14(26)6-9-16/h2-11,13,31-33H,12H2,1H3,(H,29,36)(H,30,37). The molecule has 0 aliphatic carbocycles. The van der Waals surface area contributed by atoms with E-state index in [1.807, 2.05) is 6.92 Å². The molecule has 5 N–H and O–H groups in total. The number of hydrogen-bond donors (Lipinski definition) is 5. The maximum absolute atomic E-state index is 10.5. The van der Waals surface area contributed by atoms with Gasteiger partial charge in [0.05, 0.1) is 10.7 Å². The molecule has 3 rings (SSSR count). The summed E-state index contributed by atoms with van der Waals surface area (Å²) in [5.74, 6) is 0.528. The van der Waals surface area contributed by atoms with Crippen LogP contribution in [0.25, 0.3) is 0 Å². The molecule has 0 saturated carbocycles. The lowest BCUT2D eigenvalue weighted by molar-refractivity contribution is 0.274. The highest BCUT2D eigenvalue weighted by atomic mass is 35.5. The van der Waals surface area contributed by atoms with Crippen molar-refractivity contribution in [2.45, 2.75) is 12.2 Å². The Hall–Kier alpha value is -1.57. The molecule has 38 heavy (non-hydrogen) atoms. The molecule has 0 heterocycles. The zero-order chi connectivity index (χ0) is 27.8. The summed E-state index contributed by atoms with van der Waals surface area (Å²) in [6.45, 7) is 2.03. The Morgan fingerprint density at radius 3 is 2.34 bits per heavy atom. The van der Waals surface area contributed by atoms with Crippen LogP contribution in [0.2, 0.25) is 15.1 Å². The third-order valence-corrected chi connectivity index (χ3v) is 7.31. The summed E-state index contributed by atoms with van der Waals surface area (Å²) in [5, 5.41) is 36.2. The maximum Gasteiger partial charge on any atom is 0.492 e. The minimum atomic E-state index is -1.70. The molecule has 0 radical (unpaired) electrons. The molecule has 0 aliphatic heterocycles. The number of benzene rings is 3. The summed E-state index contributed by atoms with van der Waals surface area (Å²) < 4.78 is 11.5. The predicted molar refractivity (Wildman–Crippen MR) is 168 cm³/mol. The highest BCUT2D eigenvalue weighted by Gasteiger charge is 2.22. The number of hydrogen-bond acceptors (Lipinski definition) is 8. The van der Waals surface area contributed by atoms with Gasteiger partial charge in [0.25, 0.3) is 5.17 Å². The van der Waals surface area contributed by atoms with Gasteiger partial charge in [-0.15, -0.1) is 0 Å². The van der Waals surface area contributed by atoms with Gasteiger partial charge in [-0.3, -0.25) is 0 Å². The molecule has 0 bridgehead atoms. The molecule has 0 aromatic heterocycles. The monoisotopic (exact) mass is 628 g/mol. The molecule has 7 nitrogen and oxygen atoms in total. The van der Waals surface area contributed by atoms with Gasteiger partial charge >= 0.3 is 14.2 Å². The lowest BCUT2D eigenvalue weighted by Crippen LogP contribution is -2.36. The first kappa shape index (κ1) is 31.0. The Bertz CT molecular complexity index is 1290. The number of nitrogens with one attached hydrogen (secondary N) is 2. The predicted octanol–water partition coefficient (Wildman–Crippen LogP) is 4.33. The van der Waals surface area contributed by atoms with Gasteiger partial charge in [0, 0.05) is 38.5 Å². The molecule has 0 fully saturated rings. The lowest BCUT2D eigenvalue weighted by Gasteiger charge is -2.17. The van der Waals surface area contributed by atoms with Gasteiger partial charge in [0.2, 0.25) is 0 Å². The zero-order valence-corrected chi connectivity index (χ0v) is 24.4. The second-order valence-corrected chi connectivity index (χ2v) is 11.5. The van der Waals surface area contributed by atoms with Crippen LogP contribution in [0.3, 0.4) is 0 Å². The first-order valence-corrected chi connectivity index (χ1v) is 13.8. The van der Waals surface area contributed by atoms with Crippen LogP contribution in [0.1, 0.15) is 6.92 Å². The van der Waals surface area contributed by atoms with E-state index in [9.17, 15) is 15.1 Å². The quantitative estimate of drug-likeness (QED) is 0.174. The van der Waals surface area contributed by atoms with Crippen molar-refractivity contribution < 1.29 is 24.5 Å². The van der Waals surface area contributed by atoms with Crippen molar-refractivity contribution in [2.75, 3.05) is 17.2 Å². The van der Waals surface area contributed by atoms with Crippen molar-refractivity contribution in [3.8, 4) is 5.75 Å². The van der Waals surface area contributed by atoms with Crippen LogP contribution in [0.5, 0.6) is 5.75 Å². The SMILES string of the molecule is CC(COB(O)c1ccc(NC(=S)Oc2ccc(Cl)cc2)cc1Cl)SC(=S)Nc1cccc(B(O)O)c1Cl. The van der Waals surface area contributed by atoms with E-state index in [2.05, 4.69) is 10.6 Å². The van der Waals surface area contributed by atoms with Gasteiger partial charge < -0.3 is 35.1 Å². The number of halogens is 3. The summed E-state index contributed by atoms with van der Waals surface area (Å²) >= 11 is 30.3. The zero-order valence-electron chi connectivity index (χ0n) is 19.7. The van der Waals surface area contributed by atoms with E-state index in [0.717, 1.165) is 0 Å². The molecule has 3 aromatic rings. The van der Waals surface area contributed by atoms with Crippen molar-refractivity contribution in [2.24, 2.45) is 0 Å². The van der Waals surface area contributed by atoms with Crippen molar-refractivity contribution in [1.29, 1.82) is 0 Å². The van der Waals surface area contributed by atoms with Crippen LogP contribution in [-0.2, 0) is 4.65 Å². The van der Waals surface area contributed by atoms with Gasteiger partial charge in [-0.1, -0.05) is 83.9 Å².